The number of rotatable bonds is 8. The second-order valence-electron chi connectivity index (χ2n) is 7.44. The maximum atomic E-state index is 12.4. The third kappa shape index (κ3) is 5.17. The molecule has 3 atom stereocenters. The zero-order chi connectivity index (χ0) is 16.1. The average Bonchev–Trinajstić information content (AvgIpc) is 2.33. The van der Waals surface area contributed by atoms with Crippen LogP contribution in [0.25, 0.3) is 0 Å². The maximum Gasteiger partial charge on any atom is 0.192 e. The van der Waals surface area contributed by atoms with Crippen molar-refractivity contribution in [1.82, 2.24) is 0 Å². The molecule has 0 saturated carbocycles. The molecular weight excluding hydrogens is 264 g/mol. The molecule has 0 aromatic carbocycles. The fourth-order valence-electron chi connectivity index (χ4n) is 1.91. The minimum atomic E-state index is -1.86. The van der Waals surface area contributed by atoms with Gasteiger partial charge >= 0.3 is 0 Å². The fraction of sp³-hybridized carbons (Fsp3) is 0.824. The largest absolute Gasteiger partial charge is 0.413 e. The molecule has 20 heavy (non-hydrogen) atoms. The molecule has 2 nitrogen and oxygen atoms in total. The molecule has 0 N–H and O–H groups in total. The van der Waals surface area contributed by atoms with Crippen LogP contribution in [0.15, 0.2) is 12.7 Å². The first-order chi connectivity index (χ1) is 8.97. The summed E-state index contributed by atoms with van der Waals surface area (Å²) in [6.45, 7) is 21.1. The van der Waals surface area contributed by atoms with Crippen molar-refractivity contribution < 1.29 is 9.22 Å². The summed E-state index contributed by atoms with van der Waals surface area (Å²) in [7, 11) is -1.86. The topological polar surface area (TPSA) is 26.3 Å². The molecule has 0 spiro atoms. The van der Waals surface area contributed by atoms with Crippen LogP contribution >= 0.6 is 0 Å². The molecule has 0 unspecified atom stereocenters. The Labute approximate surface area is 127 Å². The first-order valence-corrected chi connectivity index (χ1v) is 10.7. The van der Waals surface area contributed by atoms with Crippen molar-refractivity contribution in [2.45, 2.75) is 78.6 Å². The van der Waals surface area contributed by atoms with Crippen molar-refractivity contribution in [3.05, 3.63) is 12.7 Å². The molecule has 0 aromatic heterocycles. The minimum absolute atomic E-state index is 0.0325. The Morgan fingerprint density at radius 1 is 1.30 bits per heavy atom. The standard InChI is InChI=1S/C17H34O2Si/c1-10-12-15(14(4)16(18)13(3)11-2)19-20(8,9)17(5,6)7/h10,13-15H,1,11-12H2,2-9H3/t13-,14-,15-/m0/s1. The molecule has 0 radical (unpaired) electrons. The van der Waals surface area contributed by atoms with Crippen LogP contribution in [0.5, 0.6) is 0 Å². The summed E-state index contributed by atoms with van der Waals surface area (Å²) in [4.78, 5) is 12.4. The number of hydrogen-bond donors (Lipinski definition) is 0. The van der Waals surface area contributed by atoms with E-state index < -0.39 is 8.32 Å². The highest BCUT2D eigenvalue weighted by Crippen LogP contribution is 2.38. The van der Waals surface area contributed by atoms with Gasteiger partial charge < -0.3 is 4.43 Å². The first kappa shape index (κ1) is 19.6. The van der Waals surface area contributed by atoms with Crippen LogP contribution in [0, 0.1) is 11.8 Å². The summed E-state index contributed by atoms with van der Waals surface area (Å²) in [6, 6.07) is 0. The van der Waals surface area contributed by atoms with Gasteiger partial charge in [-0.25, -0.2) is 0 Å². The van der Waals surface area contributed by atoms with Crippen LogP contribution in [-0.2, 0) is 9.22 Å². The van der Waals surface area contributed by atoms with Crippen molar-refractivity contribution in [1.29, 1.82) is 0 Å². The van der Waals surface area contributed by atoms with Gasteiger partial charge in [-0.05, 0) is 31.0 Å². The van der Waals surface area contributed by atoms with Crippen LogP contribution in [0.2, 0.25) is 18.1 Å². The predicted molar refractivity (Wildman–Crippen MR) is 90.5 cm³/mol. The lowest BCUT2D eigenvalue weighted by Gasteiger charge is -2.40. The zero-order valence-corrected chi connectivity index (χ0v) is 15.7. The molecule has 0 fully saturated rings. The zero-order valence-electron chi connectivity index (χ0n) is 14.7. The minimum Gasteiger partial charge on any atom is -0.413 e. The molecule has 0 bridgehead atoms. The molecule has 0 aliphatic rings. The van der Waals surface area contributed by atoms with E-state index in [1.54, 1.807) is 0 Å². The quantitative estimate of drug-likeness (QED) is 0.454. The second-order valence-corrected chi connectivity index (χ2v) is 12.2. The lowest BCUT2D eigenvalue weighted by Crippen LogP contribution is -2.46. The summed E-state index contributed by atoms with van der Waals surface area (Å²) >= 11 is 0. The Morgan fingerprint density at radius 2 is 1.80 bits per heavy atom. The van der Waals surface area contributed by atoms with Gasteiger partial charge in [0.15, 0.2) is 8.32 Å². The van der Waals surface area contributed by atoms with Gasteiger partial charge in [-0.1, -0.05) is 47.6 Å². The highest BCUT2D eigenvalue weighted by molar-refractivity contribution is 6.74. The molecule has 0 rings (SSSR count). The summed E-state index contributed by atoms with van der Waals surface area (Å²) in [6.07, 6.45) is 3.48. The summed E-state index contributed by atoms with van der Waals surface area (Å²) in [5.74, 6) is 0.371. The fourth-order valence-corrected chi connectivity index (χ4v) is 3.32. The molecule has 0 aromatic rings. The van der Waals surface area contributed by atoms with E-state index in [4.69, 9.17) is 4.43 Å². The van der Waals surface area contributed by atoms with E-state index in [-0.39, 0.29) is 23.0 Å². The van der Waals surface area contributed by atoms with Crippen molar-refractivity contribution in [3.63, 3.8) is 0 Å². The SMILES string of the molecule is C=CC[C@H](O[Si](C)(C)C(C)(C)C)[C@H](C)C(=O)[C@@H](C)CC. The van der Waals surface area contributed by atoms with Crippen molar-refractivity contribution in [2.24, 2.45) is 11.8 Å². The van der Waals surface area contributed by atoms with Crippen molar-refractivity contribution in [2.75, 3.05) is 0 Å². The normalized spacial score (nSPS) is 17.4. The van der Waals surface area contributed by atoms with Gasteiger partial charge in [-0.2, -0.15) is 0 Å². The lowest BCUT2D eigenvalue weighted by molar-refractivity contribution is -0.128. The molecule has 3 heteroatoms. The van der Waals surface area contributed by atoms with Gasteiger partial charge in [0.25, 0.3) is 0 Å². The Hall–Kier alpha value is -0.413. The molecule has 0 amide bonds. The molecule has 0 heterocycles. The van der Waals surface area contributed by atoms with Gasteiger partial charge in [-0.15, -0.1) is 6.58 Å². The van der Waals surface area contributed by atoms with Crippen LogP contribution < -0.4 is 0 Å². The Balaban J connectivity index is 5.07. The highest BCUT2D eigenvalue weighted by Gasteiger charge is 2.41. The third-order valence-corrected chi connectivity index (χ3v) is 9.26. The molecule has 118 valence electrons. The number of hydrogen-bond acceptors (Lipinski definition) is 2. The molecule has 0 aliphatic carbocycles. The van der Waals surface area contributed by atoms with E-state index in [1.165, 1.54) is 0 Å². The molecular formula is C17H34O2Si. The van der Waals surface area contributed by atoms with E-state index in [9.17, 15) is 4.79 Å². The number of ketones is 1. The van der Waals surface area contributed by atoms with Gasteiger partial charge in [-0.3, -0.25) is 4.79 Å². The summed E-state index contributed by atoms with van der Waals surface area (Å²) in [5.41, 5.74) is 0. The van der Waals surface area contributed by atoms with E-state index in [1.807, 2.05) is 19.9 Å². The summed E-state index contributed by atoms with van der Waals surface area (Å²) in [5, 5.41) is 0.158. The van der Waals surface area contributed by atoms with Gasteiger partial charge in [0.2, 0.25) is 0 Å². The average molecular weight is 299 g/mol. The monoisotopic (exact) mass is 298 g/mol. The maximum absolute atomic E-state index is 12.4. The Bertz CT molecular complexity index is 328. The second kappa shape index (κ2) is 7.55. The Morgan fingerprint density at radius 3 is 2.15 bits per heavy atom. The van der Waals surface area contributed by atoms with Gasteiger partial charge in [0.1, 0.15) is 5.78 Å². The van der Waals surface area contributed by atoms with Crippen LogP contribution in [0.4, 0.5) is 0 Å². The van der Waals surface area contributed by atoms with Gasteiger partial charge in [0.05, 0.1) is 6.10 Å². The Kier molecular flexibility index (Phi) is 7.40. The molecule has 0 saturated heterocycles. The van der Waals surface area contributed by atoms with E-state index >= 15 is 0 Å². The smallest absolute Gasteiger partial charge is 0.192 e. The predicted octanol–water partition coefficient (Wildman–Crippen LogP) is 5.20. The van der Waals surface area contributed by atoms with Gasteiger partial charge in [0, 0.05) is 11.8 Å². The number of carbonyl (C=O) groups is 1. The summed E-state index contributed by atoms with van der Waals surface area (Å²) < 4.78 is 6.47. The van der Waals surface area contributed by atoms with E-state index in [0.717, 1.165) is 12.8 Å². The number of Topliss-reactive ketones (excluding diaryl/α,β-unsaturated/α-hetero) is 1. The van der Waals surface area contributed by atoms with Crippen LogP contribution in [0.3, 0.4) is 0 Å². The third-order valence-electron chi connectivity index (χ3n) is 4.76. The van der Waals surface area contributed by atoms with Crippen LogP contribution in [0.1, 0.15) is 54.4 Å². The van der Waals surface area contributed by atoms with Crippen molar-refractivity contribution >= 4 is 14.1 Å². The number of carbonyl (C=O) groups excluding carboxylic acids is 1. The first-order valence-electron chi connectivity index (χ1n) is 7.80. The lowest BCUT2D eigenvalue weighted by atomic mass is 9.88. The molecule has 0 aliphatic heterocycles. The van der Waals surface area contributed by atoms with Crippen LogP contribution in [-0.4, -0.2) is 20.2 Å². The van der Waals surface area contributed by atoms with E-state index in [2.05, 4.69) is 47.4 Å². The highest BCUT2D eigenvalue weighted by atomic mass is 28.4. The van der Waals surface area contributed by atoms with Crippen molar-refractivity contribution in [3.8, 4) is 0 Å². The van der Waals surface area contributed by atoms with E-state index in [0.29, 0.717) is 5.78 Å².